The quantitative estimate of drug-likeness (QED) is 0.827. The highest BCUT2D eigenvalue weighted by molar-refractivity contribution is 5.85. The van der Waals surface area contributed by atoms with Crippen molar-refractivity contribution < 1.29 is 14.1 Å². The minimum Gasteiger partial charge on any atom is -0.444 e. The van der Waals surface area contributed by atoms with Crippen LogP contribution in [0.5, 0.6) is 0 Å². The van der Waals surface area contributed by atoms with Gasteiger partial charge in [-0.3, -0.25) is 10.2 Å². The van der Waals surface area contributed by atoms with Crippen LogP contribution in [-0.4, -0.2) is 41.4 Å². The maximum absolute atomic E-state index is 11.9. The van der Waals surface area contributed by atoms with Crippen molar-refractivity contribution >= 4 is 17.9 Å². The van der Waals surface area contributed by atoms with Gasteiger partial charge in [0.25, 0.3) is 0 Å². The van der Waals surface area contributed by atoms with Gasteiger partial charge in [0.15, 0.2) is 5.76 Å². The maximum atomic E-state index is 11.9. The molecule has 1 amide bonds. The molecule has 3 fully saturated rings. The van der Waals surface area contributed by atoms with E-state index >= 15 is 0 Å². The van der Waals surface area contributed by atoms with Gasteiger partial charge in [0, 0.05) is 23.9 Å². The molecule has 0 radical (unpaired) electrons. The van der Waals surface area contributed by atoms with Crippen molar-refractivity contribution in [3.05, 3.63) is 41.7 Å². The van der Waals surface area contributed by atoms with Crippen molar-refractivity contribution in [2.45, 2.75) is 39.2 Å². The van der Waals surface area contributed by atoms with Crippen LogP contribution in [0.4, 0.5) is 10.5 Å². The van der Waals surface area contributed by atoms with E-state index in [0.717, 1.165) is 23.6 Å². The van der Waals surface area contributed by atoms with Crippen molar-refractivity contribution in [3.63, 3.8) is 0 Å². The third kappa shape index (κ3) is 4.44. The van der Waals surface area contributed by atoms with E-state index in [1.165, 1.54) is 31.5 Å². The van der Waals surface area contributed by atoms with Gasteiger partial charge in [0.1, 0.15) is 11.3 Å². The Hall–Kier alpha value is -2.60. The van der Waals surface area contributed by atoms with Crippen molar-refractivity contribution in [1.29, 1.82) is 0 Å². The van der Waals surface area contributed by atoms with Gasteiger partial charge >= 0.3 is 6.09 Å². The molecule has 6 nitrogen and oxygen atoms in total. The number of benzene rings is 1. The lowest BCUT2D eigenvalue weighted by Gasteiger charge is -2.40. The molecule has 1 aromatic carbocycles. The molecule has 5 rings (SSSR count). The highest BCUT2D eigenvalue weighted by Gasteiger charge is 2.29. The SMILES string of the molecule is CC(C)(C)OC(=O)Nc1ccc(-c2cc(/C=C3/CN4CCC3CC4)on2)cc1. The van der Waals surface area contributed by atoms with Crippen LogP contribution in [0.1, 0.15) is 39.4 Å². The number of carbonyl (C=O) groups excluding carboxylic acids is 1. The molecule has 28 heavy (non-hydrogen) atoms. The van der Waals surface area contributed by atoms with E-state index in [2.05, 4.69) is 21.4 Å². The second-order valence-corrected chi connectivity index (χ2v) is 8.59. The Kier molecular flexibility index (Phi) is 4.98. The summed E-state index contributed by atoms with van der Waals surface area (Å²) in [4.78, 5) is 14.4. The zero-order valence-corrected chi connectivity index (χ0v) is 16.7. The zero-order chi connectivity index (χ0) is 19.7. The number of rotatable bonds is 3. The predicted molar refractivity (Wildman–Crippen MR) is 109 cm³/mol. The normalized spacial score (nSPS) is 23.0. The van der Waals surface area contributed by atoms with E-state index in [4.69, 9.17) is 9.26 Å². The number of nitrogens with one attached hydrogen (secondary N) is 1. The molecule has 3 aliphatic heterocycles. The Balaban J connectivity index is 1.42. The summed E-state index contributed by atoms with van der Waals surface area (Å²) in [7, 11) is 0. The average Bonchev–Trinajstić information content (AvgIpc) is 3.10. The second-order valence-electron chi connectivity index (χ2n) is 8.59. The fourth-order valence-corrected chi connectivity index (χ4v) is 3.83. The molecule has 6 heteroatoms. The summed E-state index contributed by atoms with van der Waals surface area (Å²) in [5, 5.41) is 6.94. The number of aromatic nitrogens is 1. The minimum absolute atomic E-state index is 0.465. The van der Waals surface area contributed by atoms with E-state index in [0.29, 0.717) is 11.6 Å². The number of hydrogen-bond donors (Lipinski definition) is 1. The summed E-state index contributed by atoms with van der Waals surface area (Å²) >= 11 is 0. The third-order valence-corrected chi connectivity index (χ3v) is 5.20. The van der Waals surface area contributed by atoms with Crippen molar-refractivity contribution in [3.8, 4) is 11.3 Å². The van der Waals surface area contributed by atoms with Gasteiger partial charge in [0.05, 0.1) is 0 Å². The summed E-state index contributed by atoms with van der Waals surface area (Å²) in [6, 6.07) is 9.46. The van der Waals surface area contributed by atoms with E-state index in [1.54, 1.807) is 0 Å². The second kappa shape index (κ2) is 7.43. The van der Waals surface area contributed by atoms with Crippen LogP contribution in [0, 0.1) is 5.92 Å². The zero-order valence-electron chi connectivity index (χ0n) is 16.7. The summed E-state index contributed by atoms with van der Waals surface area (Å²) < 4.78 is 10.8. The number of piperidine rings is 3. The first kappa shape index (κ1) is 18.7. The van der Waals surface area contributed by atoms with Gasteiger partial charge in [-0.25, -0.2) is 4.79 Å². The molecule has 1 N–H and O–H groups in total. The molecule has 148 valence electrons. The van der Waals surface area contributed by atoms with Gasteiger partial charge < -0.3 is 9.26 Å². The molecule has 2 aromatic rings. The Morgan fingerprint density at radius 3 is 2.57 bits per heavy atom. The lowest BCUT2D eigenvalue weighted by atomic mass is 9.83. The fraction of sp³-hybridized carbons (Fsp3) is 0.455. The Bertz CT molecular complexity index is 869. The summed E-state index contributed by atoms with van der Waals surface area (Å²) in [5.41, 5.74) is 3.34. The molecule has 3 aliphatic rings. The molecule has 0 spiro atoms. The number of fused-ring (bicyclic) bond motifs is 3. The van der Waals surface area contributed by atoms with Crippen LogP contribution < -0.4 is 5.32 Å². The van der Waals surface area contributed by atoms with Crippen LogP contribution in [0.25, 0.3) is 17.3 Å². The lowest BCUT2D eigenvalue weighted by Crippen LogP contribution is -2.42. The lowest BCUT2D eigenvalue weighted by molar-refractivity contribution is 0.0636. The molecule has 2 bridgehead atoms. The van der Waals surface area contributed by atoms with Crippen LogP contribution in [0.2, 0.25) is 0 Å². The Morgan fingerprint density at radius 1 is 1.25 bits per heavy atom. The molecular formula is C22H27N3O3. The van der Waals surface area contributed by atoms with E-state index in [9.17, 15) is 4.79 Å². The van der Waals surface area contributed by atoms with E-state index in [-0.39, 0.29) is 0 Å². The molecule has 3 saturated heterocycles. The standard InChI is InChI=1S/C22H27N3O3/c1-22(2,3)27-21(26)23-18-6-4-16(5-7-18)20-13-19(28-24-20)12-17-14-25-10-8-15(17)9-11-25/h4-7,12-13,15H,8-11,14H2,1-3H3,(H,23,26)/b17-12-. The summed E-state index contributed by atoms with van der Waals surface area (Å²) in [5.74, 6) is 1.49. The molecular weight excluding hydrogens is 354 g/mol. The first-order valence-corrected chi connectivity index (χ1v) is 9.86. The molecule has 0 saturated carbocycles. The highest BCUT2D eigenvalue weighted by atomic mass is 16.6. The number of anilines is 1. The maximum Gasteiger partial charge on any atom is 0.412 e. The van der Waals surface area contributed by atoms with Gasteiger partial charge in [0.2, 0.25) is 0 Å². The number of carbonyl (C=O) groups is 1. The largest absolute Gasteiger partial charge is 0.444 e. The van der Waals surface area contributed by atoms with Gasteiger partial charge in [-0.1, -0.05) is 17.3 Å². The molecule has 4 heterocycles. The van der Waals surface area contributed by atoms with Gasteiger partial charge in [-0.15, -0.1) is 0 Å². The first-order valence-electron chi connectivity index (χ1n) is 9.86. The topological polar surface area (TPSA) is 67.6 Å². The third-order valence-electron chi connectivity index (χ3n) is 5.20. The average molecular weight is 381 g/mol. The Labute approximate surface area is 165 Å². The van der Waals surface area contributed by atoms with Crippen LogP contribution in [-0.2, 0) is 4.74 Å². The van der Waals surface area contributed by atoms with Crippen molar-refractivity contribution in [2.75, 3.05) is 25.0 Å². The number of nitrogens with zero attached hydrogens (tertiary/aromatic N) is 2. The smallest absolute Gasteiger partial charge is 0.412 e. The summed E-state index contributed by atoms with van der Waals surface area (Å²) in [6.45, 7) is 8.99. The van der Waals surface area contributed by atoms with E-state index < -0.39 is 11.7 Å². The fourth-order valence-electron chi connectivity index (χ4n) is 3.83. The van der Waals surface area contributed by atoms with E-state index in [1.807, 2.05) is 51.1 Å². The first-order chi connectivity index (χ1) is 13.4. The van der Waals surface area contributed by atoms with Crippen LogP contribution in [0.15, 0.2) is 40.4 Å². The number of ether oxygens (including phenoxy) is 1. The van der Waals surface area contributed by atoms with Crippen LogP contribution >= 0.6 is 0 Å². The number of hydrogen-bond acceptors (Lipinski definition) is 5. The Morgan fingerprint density at radius 2 is 1.96 bits per heavy atom. The highest BCUT2D eigenvalue weighted by Crippen LogP contribution is 2.33. The van der Waals surface area contributed by atoms with Crippen molar-refractivity contribution in [2.24, 2.45) is 5.92 Å². The molecule has 0 unspecified atom stereocenters. The number of amides is 1. The molecule has 0 aliphatic carbocycles. The van der Waals surface area contributed by atoms with Gasteiger partial charge in [-0.05, 0) is 76.4 Å². The van der Waals surface area contributed by atoms with Crippen LogP contribution in [0.3, 0.4) is 0 Å². The minimum atomic E-state index is -0.523. The predicted octanol–water partition coefficient (Wildman–Crippen LogP) is 4.80. The summed E-state index contributed by atoms with van der Waals surface area (Å²) in [6.07, 6.45) is 4.19. The molecule has 0 atom stereocenters. The van der Waals surface area contributed by atoms with Gasteiger partial charge in [-0.2, -0.15) is 0 Å². The monoisotopic (exact) mass is 381 g/mol. The molecule has 1 aromatic heterocycles. The van der Waals surface area contributed by atoms with Crippen molar-refractivity contribution in [1.82, 2.24) is 10.1 Å².